The van der Waals surface area contributed by atoms with E-state index < -0.39 is 0 Å². The van der Waals surface area contributed by atoms with Gasteiger partial charge in [-0.2, -0.15) is 0 Å². The first-order chi connectivity index (χ1) is 13.5. The van der Waals surface area contributed by atoms with Gasteiger partial charge in [-0.1, -0.05) is 11.8 Å². The number of thiophene rings is 1. The molecule has 148 valence electrons. The van der Waals surface area contributed by atoms with Crippen LogP contribution in [0.1, 0.15) is 24.3 Å². The number of carbonyl (C=O) groups excluding carboxylic acids is 1. The summed E-state index contributed by atoms with van der Waals surface area (Å²) in [6, 6.07) is 5.40. The van der Waals surface area contributed by atoms with E-state index in [1.54, 1.807) is 23.7 Å². The first kappa shape index (κ1) is 20.4. The van der Waals surface area contributed by atoms with Crippen molar-refractivity contribution >= 4 is 44.9 Å². The van der Waals surface area contributed by atoms with Crippen molar-refractivity contribution < 1.29 is 14.3 Å². The van der Waals surface area contributed by atoms with Crippen LogP contribution in [0.5, 0.6) is 11.5 Å². The highest BCUT2D eigenvalue weighted by molar-refractivity contribution is 8.00. The van der Waals surface area contributed by atoms with Crippen molar-refractivity contribution in [1.82, 2.24) is 9.97 Å². The molecule has 2 aromatic heterocycles. The van der Waals surface area contributed by atoms with Crippen LogP contribution in [0.3, 0.4) is 0 Å². The van der Waals surface area contributed by atoms with Crippen LogP contribution >= 0.6 is 23.1 Å². The number of ether oxygens (including phenoxy) is 2. The van der Waals surface area contributed by atoms with Gasteiger partial charge >= 0.3 is 0 Å². The van der Waals surface area contributed by atoms with Crippen LogP contribution in [0.15, 0.2) is 29.6 Å². The molecular weight excluding hydrogens is 394 g/mol. The molecule has 0 aliphatic carbocycles. The molecule has 6 nitrogen and oxygen atoms in total. The van der Waals surface area contributed by atoms with E-state index in [1.165, 1.54) is 22.2 Å². The molecule has 0 aliphatic rings. The Morgan fingerprint density at radius 2 is 1.89 bits per heavy atom. The number of nitrogens with one attached hydrogen (secondary N) is 1. The molecule has 0 spiro atoms. The zero-order valence-electron chi connectivity index (χ0n) is 16.4. The van der Waals surface area contributed by atoms with Gasteiger partial charge in [-0.05, 0) is 45.4 Å². The molecular formula is C20H23N3O3S2. The van der Waals surface area contributed by atoms with Gasteiger partial charge in [0.1, 0.15) is 16.2 Å². The van der Waals surface area contributed by atoms with E-state index in [9.17, 15) is 4.79 Å². The topological polar surface area (TPSA) is 73.3 Å². The molecule has 3 aromatic rings. The standard InChI is InChI=1S/C20H23N3O3S2/c1-5-25-15-8-7-14(9-16(15)26-6-2)23-17(24)10-27-19-18-12(3)13(4)28-20(18)22-11-21-19/h7-9,11H,5-6,10H2,1-4H3,(H,23,24). The third-order valence-electron chi connectivity index (χ3n) is 4.10. The lowest BCUT2D eigenvalue weighted by Gasteiger charge is -2.13. The molecule has 0 unspecified atom stereocenters. The minimum atomic E-state index is -0.104. The van der Waals surface area contributed by atoms with Gasteiger partial charge in [0.15, 0.2) is 11.5 Å². The molecule has 0 aliphatic heterocycles. The van der Waals surface area contributed by atoms with E-state index in [1.807, 2.05) is 26.0 Å². The third-order valence-corrected chi connectivity index (χ3v) is 6.20. The van der Waals surface area contributed by atoms with Crippen LogP contribution in [-0.2, 0) is 4.79 Å². The fourth-order valence-corrected chi connectivity index (χ4v) is 4.64. The maximum Gasteiger partial charge on any atom is 0.234 e. The summed E-state index contributed by atoms with van der Waals surface area (Å²) in [5.41, 5.74) is 1.85. The number of nitrogens with zero attached hydrogens (tertiary/aromatic N) is 2. The number of hydrogen-bond donors (Lipinski definition) is 1. The lowest BCUT2D eigenvalue weighted by Crippen LogP contribution is -2.14. The van der Waals surface area contributed by atoms with Crippen LogP contribution in [0.2, 0.25) is 0 Å². The summed E-state index contributed by atoms with van der Waals surface area (Å²) in [5.74, 6) is 1.45. The van der Waals surface area contributed by atoms with Crippen molar-refractivity contribution in [1.29, 1.82) is 0 Å². The van der Waals surface area contributed by atoms with Crippen LogP contribution in [0.25, 0.3) is 10.2 Å². The molecule has 8 heteroatoms. The summed E-state index contributed by atoms with van der Waals surface area (Å²) >= 11 is 3.07. The number of hydrogen-bond acceptors (Lipinski definition) is 7. The average molecular weight is 418 g/mol. The minimum absolute atomic E-state index is 0.104. The van der Waals surface area contributed by atoms with Gasteiger partial charge in [0.05, 0.1) is 19.0 Å². The minimum Gasteiger partial charge on any atom is -0.490 e. The van der Waals surface area contributed by atoms with Crippen LogP contribution in [-0.4, -0.2) is 34.8 Å². The van der Waals surface area contributed by atoms with Crippen LogP contribution < -0.4 is 14.8 Å². The second-order valence-electron chi connectivity index (χ2n) is 6.01. The van der Waals surface area contributed by atoms with Gasteiger partial charge < -0.3 is 14.8 Å². The Balaban J connectivity index is 1.69. The van der Waals surface area contributed by atoms with Gasteiger partial charge in [-0.15, -0.1) is 11.3 Å². The monoisotopic (exact) mass is 417 g/mol. The second-order valence-corrected chi connectivity index (χ2v) is 8.17. The SMILES string of the molecule is CCOc1ccc(NC(=O)CSc2ncnc3sc(C)c(C)c23)cc1OCC. The molecule has 28 heavy (non-hydrogen) atoms. The summed E-state index contributed by atoms with van der Waals surface area (Å²) in [6.45, 7) is 9.05. The van der Waals surface area contributed by atoms with Crippen molar-refractivity contribution in [2.24, 2.45) is 0 Å². The Morgan fingerprint density at radius 1 is 1.14 bits per heavy atom. The number of fused-ring (bicyclic) bond motifs is 1. The second kappa shape index (κ2) is 9.25. The molecule has 0 fully saturated rings. The lowest BCUT2D eigenvalue weighted by atomic mass is 10.2. The molecule has 0 saturated carbocycles. The van der Waals surface area contributed by atoms with Gasteiger partial charge in [0.25, 0.3) is 0 Å². The molecule has 1 N–H and O–H groups in total. The Kier molecular flexibility index (Phi) is 6.74. The third kappa shape index (κ3) is 4.56. The van der Waals surface area contributed by atoms with Crippen molar-refractivity contribution in [3.63, 3.8) is 0 Å². The molecule has 0 radical (unpaired) electrons. The number of aryl methyl sites for hydroxylation is 2. The van der Waals surface area contributed by atoms with Crippen molar-refractivity contribution in [2.45, 2.75) is 32.7 Å². The van der Waals surface area contributed by atoms with Crippen molar-refractivity contribution in [3.8, 4) is 11.5 Å². The highest BCUT2D eigenvalue weighted by atomic mass is 32.2. The molecule has 0 bridgehead atoms. The maximum absolute atomic E-state index is 12.4. The van der Waals surface area contributed by atoms with Crippen molar-refractivity contribution in [3.05, 3.63) is 35.0 Å². The Hall–Kier alpha value is -2.32. The molecule has 3 rings (SSSR count). The molecule has 1 amide bonds. The Morgan fingerprint density at radius 3 is 2.64 bits per heavy atom. The van der Waals surface area contributed by atoms with E-state index in [2.05, 4.69) is 29.1 Å². The number of anilines is 1. The van der Waals surface area contributed by atoms with Gasteiger partial charge in [-0.25, -0.2) is 9.97 Å². The number of carbonyl (C=O) groups is 1. The Labute approximate surface area is 172 Å². The van der Waals surface area contributed by atoms with Crippen molar-refractivity contribution in [2.75, 3.05) is 24.3 Å². The van der Waals surface area contributed by atoms with Crippen LogP contribution in [0, 0.1) is 13.8 Å². The molecule has 0 saturated heterocycles. The number of aromatic nitrogens is 2. The summed E-state index contributed by atoms with van der Waals surface area (Å²) in [6.07, 6.45) is 1.55. The number of benzene rings is 1. The van der Waals surface area contributed by atoms with E-state index in [0.717, 1.165) is 15.2 Å². The van der Waals surface area contributed by atoms with E-state index >= 15 is 0 Å². The first-order valence-corrected chi connectivity index (χ1v) is 10.9. The van der Waals surface area contributed by atoms with E-state index in [-0.39, 0.29) is 11.7 Å². The summed E-state index contributed by atoms with van der Waals surface area (Å²) in [7, 11) is 0. The summed E-state index contributed by atoms with van der Waals surface area (Å²) in [5, 5.41) is 4.79. The zero-order chi connectivity index (χ0) is 20.1. The number of thioether (sulfide) groups is 1. The fraction of sp³-hybridized carbons (Fsp3) is 0.350. The normalized spacial score (nSPS) is 10.9. The van der Waals surface area contributed by atoms with E-state index in [4.69, 9.17) is 9.47 Å². The average Bonchev–Trinajstić information content (AvgIpc) is 2.97. The van der Waals surface area contributed by atoms with Gasteiger partial charge in [-0.3, -0.25) is 4.79 Å². The smallest absolute Gasteiger partial charge is 0.234 e. The molecule has 0 atom stereocenters. The highest BCUT2D eigenvalue weighted by Crippen LogP contribution is 2.34. The quantitative estimate of drug-likeness (QED) is 0.418. The number of rotatable bonds is 8. The summed E-state index contributed by atoms with van der Waals surface area (Å²) < 4.78 is 11.2. The zero-order valence-corrected chi connectivity index (χ0v) is 18.0. The fourth-order valence-electron chi connectivity index (χ4n) is 2.72. The highest BCUT2D eigenvalue weighted by Gasteiger charge is 2.14. The van der Waals surface area contributed by atoms with Crippen LogP contribution in [0.4, 0.5) is 5.69 Å². The molecule has 1 aromatic carbocycles. The van der Waals surface area contributed by atoms with E-state index in [0.29, 0.717) is 30.4 Å². The summed E-state index contributed by atoms with van der Waals surface area (Å²) in [4.78, 5) is 23.3. The Bertz CT molecular complexity index is 988. The number of amides is 1. The van der Waals surface area contributed by atoms with Gasteiger partial charge in [0.2, 0.25) is 5.91 Å². The first-order valence-electron chi connectivity index (χ1n) is 9.06. The largest absolute Gasteiger partial charge is 0.490 e. The predicted molar refractivity (Wildman–Crippen MR) is 115 cm³/mol. The predicted octanol–water partition coefficient (Wildman–Crippen LogP) is 4.84. The maximum atomic E-state index is 12.4. The molecule has 2 heterocycles. The van der Waals surface area contributed by atoms with Gasteiger partial charge in [0, 0.05) is 22.0 Å². The lowest BCUT2D eigenvalue weighted by molar-refractivity contribution is -0.113.